The summed E-state index contributed by atoms with van der Waals surface area (Å²) in [6.07, 6.45) is 5.74. The van der Waals surface area contributed by atoms with E-state index in [2.05, 4.69) is 5.10 Å². The molecule has 0 bridgehead atoms. The number of ether oxygens (including phenoxy) is 5. The number of aryl methyl sites for hydroxylation is 1. The van der Waals surface area contributed by atoms with Crippen LogP contribution >= 0.6 is 11.3 Å². The second-order valence-corrected chi connectivity index (χ2v) is 18.7. The first kappa shape index (κ1) is 45.0. The van der Waals surface area contributed by atoms with Crippen LogP contribution in [0.15, 0.2) is 36.8 Å². The number of anilines is 1. The third-order valence-electron chi connectivity index (χ3n) is 8.94. The van der Waals surface area contributed by atoms with Crippen LogP contribution in [-0.2, 0) is 42.1 Å². The molecule has 1 aliphatic rings. The van der Waals surface area contributed by atoms with Crippen molar-refractivity contribution in [2.24, 2.45) is 7.05 Å². The van der Waals surface area contributed by atoms with Gasteiger partial charge in [-0.1, -0.05) is 12.1 Å². The van der Waals surface area contributed by atoms with Crippen LogP contribution in [0.5, 0.6) is 0 Å². The van der Waals surface area contributed by atoms with Crippen molar-refractivity contribution in [3.63, 3.8) is 0 Å². The molecule has 15 nitrogen and oxygen atoms in total. The van der Waals surface area contributed by atoms with Gasteiger partial charge in [0.15, 0.2) is 5.82 Å². The molecular formula is C43H58N6O9S. The maximum absolute atomic E-state index is 13.9. The third-order valence-corrected chi connectivity index (χ3v) is 10.2. The first-order chi connectivity index (χ1) is 27.6. The molecule has 3 aromatic heterocycles. The molecule has 16 heteroatoms. The summed E-state index contributed by atoms with van der Waals surface area (Å²) in [7, 11) is 3.49. The Hall–Kier alpha value is -5.09. The number of fused-ring (bicyclic) bond motifs is 1. The van der Waals surface area contributed by atoms with Gasteiger partial charge in [0.1, 0.15) is 21.8 Å². The summed E-state index contributed by atoms with van der Waals surface area (Å²) >= 11 is 1.53. The molecule has 3 amide bonds. The summed E-state index contributed by atoms with van der Waals surface area (Å²) in [4.78, 5) is 66.3. The van der Waals surface area contributed by atoms with Gasteiger partial charge in [0.05, 0.1) is 25.0 Å². The van der Waals surface area contributed by atoms with Gasteiger partial charge in [-0.05, 0) is 111 Å². The Morgan fingerprint density at radius 2 is 1.49 bits per heavy atom. The Bertz CT molecular complexity index is 2110. The Kier molecular flexibility index (Phi) is 14.1. The van der Waals surface area contributed by atoms with E-state index in [0.29, 0.717) is 47.4 Å². The SMILES string of the molecule is CN(Cc1nc(-c2cnc(N(C(=O)OC(C)(C)C)C(=O)OC(C)(C)C)c3cc(-c4cnn(C)c4)ccc23)sc1C1CCOCC1)C(=O)OCCCCC(=O)OC(C)(C)C. The van der Waals surface area contributed by atoms with Gasteiger partial charge in [-0.25, -0.2) is 24.4 Å². The van der Waals surface area contributed by atoms with Gasteiger partial charge in [0.2, 0.25) is 0 Å². The molecular weight excluding hydrogens is 777 g/mol. The number of benzene rings is 1. The fourth-order valence-electron chi connectivity index (χ4n) is 6.38. The maximum atomic E-state index is 13.9. The molecule has 0 N–H and O–H groups in total. The van der Waals surface area contributed by atoms with Gasteiger partial charge in [0, 0.05) is 67.5 Å². The normalized spacial score (nSPS) is 13.9. The van der Waals surface area contributed by atoms with Crippen LogP contribution in [0.3, 0.4) is 0 Å². The average Bonchev–Trinajstić information content (AvgIpc) is 3.75. The van der Waals surface area contributed by atoms with Crippen LogP contribution < -0.4 is 4.90 Å². The van der Waals surface area contributed by atoms with Crippen molar-refractivity contribution in [2.75, 3.05) is 31.8 Å². The average molecular weight is 835 g/mol. The number of esters is 1. The predicted molar refractivity (Wildman–Crippen MR) is 225 cm³/mol. The van der Waals surface area contributed by atoms with Gasteiger partial charge >= 0.3 is 24.2 Å². The molecule has 0 unspecified atom stereocenters. The van der Waals surface area contributed by atoms with Crippen molar-refractivity contribution in [3.05, 3.63) is 47.4 Å². The van der Waals surface area contributed by atoms with Gasteiger partial charge < -0.3 is 28.6 Å². The Morgan fingerprint density at radius 3 is 2.08 bits per heavy atom. The summed E-state index contributed by atoms with van der Waals surface area (Å²) in [5.74, 6) is -0.0864. The smallest absolute Gasteiger partial charge is 0.425 e. The molecule has 0 atom stereocenters. The summed E-state index contributed by atoms with van der Waals surface area (Å²) in [5.41, 5.74) is 0.618. The van der Waals surface area contributed by atoms with E-state index in [9.17, 15) is 19.2 Å². The molecule has 4 aromatic rings. The number of aromatic nitrogens is 4. The molecule has 1 aromatic carbocycles. The molecule has 1 saturated heterocycles. The molecule has 1 fully saturated rings. The molecule has 59 heavy (non-hydrogen) atoms. The second kappa shape index (κ2) is 18.4. The molecule has 320 valence electrons. The molecule has 1 aliphatic heterocycles. The van der Waals surface area contributed by atoms with Crippen LogP contribution in [-0.4, -0.2) is 92.6 Å². The number of pyridine rings is 1. The van der Waals surface area contributed by atoms with Crippen LogP contribution in [0, 0.1) is 0 Å². The van der Waals surface area contributed by atoms with E-state index in [1.807, 2.05) is 52.2 Å². The number of carbonyl (C=O) groups excluding carboxylic acids is 4. The monoisotopic (exact) mass is 834 g/mol. The van der Waals surface area contributed by atoms with E-state index in [4.69, 9.17) is 33.7 Å². The van der Waals surface area contributed by atoms with E-state index in [0.717, 1.165) is 39.4 Å². The minimum atomic E-state index is -0.934. The lowest BCUT2D eigenvalue weighted by molar-refractivity contribution is -0.154. The highest BCUT2D eigenvalue weighted by molar-refractivity contribution is 7.15. The number of amides is 3. The number of nitrogens with zero attached hydrogens (tertiary/aromatic N) is 6. The van der Waals surface area contributed by atoms with Crippen molar-refractivity contribution in [1.29, 1.82) is 0 Å². The van der Waals surface area contributed by atoms with Crippen molar-refractivity contribution in [3.8, 4) is 21.7 Å². The standard InChI is InChI=1S/C43H58N6O9S/c1-41(2,3)56-34(50)14-12-13-19-55-38(51)47(10)26-33-35(27-17-20-54-21-18-27)59-37(46-33)32-24-44-36(31-22-28(15-16-30(31)32)29-23-45-48(11)25-29)49(39(52)57-42(4,5)6)40(53)58-43(7,8)9/h15-16,22-25,27H,12-14,17-21,26H2,1-11H3. The second-order valence-electron chi connectivity index (χ2n) is 17.7. The summed E-state index contributed by atoms with van der Waals surface area (Å²) in [6.45, 7) is 17.4. The van der Waals surface area contributed by atoms with E-state index >= 15 is 0 Å². The van der Waals surface area contributed by atoms with Crippen molar-refractivity contribution < 1.29 is 42.9 Å². The van der Waals surface area contributed by atoms with Crippen molar-refractivity contribution >= 4 is 52.2 Å². The maximum Gasteiger partial charge on any atom is 0.425 e. The molecule has 0 saturated carbocycles. The summed E-state index contributed by atoms with van der Waals surface area (Å²) in [6, 6.07) is 5.73. The zero-order valence-electron chi connectivity index (χ0n) is 36.2. The van der Waals surface area contributed by atoms with Gasteiger partial charge in [-0.2, -0.15) is 10.00 Å². The number of thiazole rings is 1. The summed E-state index contributed by atoms with van der Waals surface area (Å²) in [5, 5.41) is 6.16. The van der Waals surface area contributed by atoms with Gasteiger partial charge in [-0.3, -0.25) is 9.48 Å². The fraction of sp³-hybridized carbons (Fsp3) is 0.558. The lowest BCUT2D eigenvalue weighted by Gasteiger charge is -2.28. The first-order valence-corrected chi connectivity index (χ1v) is 20.8. The largest absolute Gasteiger partial charge is 0.460 e. The lowest BCUT2D eigenvalue weighted by atomic mass is 9.97. The van der Waals surface area contributed by atoms with Crippen molar-refractivity contribution in [2.45, 2.75) is 124 Å². The number of rotatable bonds is 11. The minimum absolute atomic E-state index is 0.0352. The van der Waals surface area contributed by atoms with Crippen LogP contribution in [0.25, 0.3) is 32.5 Å². The van der Waals surface area contributed by atoms with Crippen LogP contribution in [0.1, 0.15) is 111 Å². The molecule has 4 heterocycles. The Morgan fingerprint density at radius 1 is 0.847 bits per heavy atom. The highest BCUT2D eigenvalue weighted by Gasteiger charge is 2.36. The topological polar surface area (TPSA) is 165 Å². The minimum Gasteiger partial charge on any atom is -0.460 e. The van der Waals surface area contributed by atoms with Gasteiger partial charge in [-0.15, -0.1) is 11.3 Å². The van der Waals surface area contributed by atoms with Gasteiger partial charge in [0.25, 0.3) is 0 Å². The number of hydrogen-bond donors (Lipinski definition) is 0. The zero-order valence-corrected chi connectivity index (χ0v) is 37.0. The fourth-order valence-corrected chi connectivity index (χ4v) is 7.65. The number of hydrogen-bond acceptors (Lipinski definition) is 13. The highest BCUT2D eigenvalue weighted by Crippen LogP contribution is 2.42. The van der Waals surface area contributed by atoms with E-state index in [1.54, 1.807) is 65.7 Å². The zero-order chi connectivity index (χ0) is 43.3. The third kappa shape index (κ3) is 12.5. The van der Waals surface area contributed by atoms with Crippen LogP contribution in [0.4, 0.5) is 20.2 Å². The number of unbranched alkanes of at least 4 members (excludes halogenated alkanes) is 1. The Labute approximate surface area is 350 Å². The lowest BCUT2D eigenvalue weighted by Crippen LogP contribution is -2.44. The summed E-state index contributed by atoms with van der Waals surface area (Å²) < 4.78 is 29.8. The molecule has 0 radical (unpaired) electrons. The van der Waals surface area contributed by atoms with Crippen molar-refractivity contribution in [1.82, 2.24) is 24.6 Å². The number of carbonyl (C=O) groups is 4. The van der Waals surface area contributed by atoms with E-state index in [1.165, 1.54) is 16.2 Å². The van der Waals surface area contributed by atoms with Crippen LogP contribution in [0.2, 0.25) is 0 Å². The molecule has 0 aliphatic carbocycles. The van der Waals surface area contributed by atoms with E-state index < -0.39 is 35.1 Å². The van der Waals surface area contributed by atoms with E-state index in [-0.39, 0.29) is 37.3 Å². The first-order valence-electron chi connectivity index (χ1n) is 19.9. The number of imide groups is 1. The quantitative estimate of drug-likeness (QED) is 0.0800. The molecule has 0 spiro atoms. The highest BCUT2D eigenvalue weighted by atomic mass is 32.1. The molecule has 5 rings (SSSR count). The Balaban J connectivity index is 1.52. The predicted octanol–water partition coefficient (Wildman–Crippen LogP) is 9.41.